The van der Waals surface area contributed by atoms with Gasteiger partial charge in [0.25, 0.3) is 0 Å². The lowest BCUT2D eigenvalue weighted by Crippen LogP contribution is -2.09. The number of carbonyl (C=O) groups excluding carboxylic acids is 1. The number of esters is 1. The monoisotopic (exact) mass is 286 g/mol. The highest BCUT2D eigenvalue weighted by Crippen LogP contribution is 2.13. The highest BCUT2D eigenvalue weighted by atomic mass is 16.5. The average molecular weight is 286 g/mol. The summed E-state index contributed by atoms with van der Waals surface area (Å²) in [5.41, 5.74) is 3.67. The number of aromatic nitrogens is 2. The SMILES string of the molecule is COc1ccc(C(=O)OCc2nc(C)c(C)nc2C)cc1. The first-order valence-corrected chi connectivity index (χ1v) is 6.63. The summed E-state index contributed by atoms with van der Waals surface area (Å²) in [5, 5.41) is 0. The van der Waals surface area contributed by atoms with E-state index < -0.39 is 5.97 Å². The lowest BCUT2D eigenvalue weighted by atomic mass is 10.2. The van der Waals surface area contributed by atoms with Crippen molar-refractivity contribution in [3.8, 4) is 5.75 Å². The standard InChI is InChI=1S/C16H18N2O3/c1-10-11(2)18-15(12(3)17-10)9-21-16(19)13-5-7-14(20-4)8-6-13/h5-8H,9H2,1-4H3. The molecule has 5 heteroatoms. The average Bonchev–Trinajstić information content (AvgIpc) is 2.49. The van der Waals surface area contributed by atoms with Crippen molar-refractivity contribution in [3.63, 3.8) is 0 Å². The van der Waals surface area contributed by atoms with Crippen LogP contribution in [0.4, 0.5) is 0 Å². The largest absolute Gasteiger partial charge is 0.497 e. The summed E-state index contributed by atoms with van der Waals surface area (Å²) in [6.45, 7) is 5.76. The van der Waals surface area contributed by atoms with Gasteiger partial charge in [-0.3, -0.25) is 9.97 Å². The molecule has 0 aliphatic heterocycles. The van der Waals surface area contributed by atoms with Gasteiger partial charge in [-0.2, -0.15) is 0 Å². The second-order valence-electron chi connectivity index (χ2n) is 4.73. The third-order valence-corrected chi connectivity index (χ3v) is 3.25. The molecule has 0 aliphatic carbocycles. The quantitative estimate of drug-likeness (QED) is 0.809. The highest BCUT2D eigenvalue weighted by Gasteiger charge is 2.11. The highest BCUT2D eigenvalue weighted by molar-refractivity contribution is 5.89. The maximum atomic E-state index is 12.0. The molecule has 0 N–H and O–H groups in total. The van der Waals surface area contributed by atoms with Crippen LogP contribution in [0.5, 0.6) is 5.75 Å². The molecule has 0 aliphatic rings. The Kier molecular flexibility index (Phi) is 4.52. The van der Waals surface area contributed by atoms with Crippen LogP contribution in [0.2, 0.25) is 0 Å². The van der Waals surface area contributed by atoms with E-state index in [0.717, 1.165) is 17.1 Å². The van der Waals surface area contributed by atoms with Gasteiger partial charge in [-0.25, -0.2) is 4.79 Å². The smallest absolute Gasteiger partial charge is 0.338 e. The number of methoxy groups -OCH3 is 1. The van der Waals surface area contributed by atoms with Gasteiger partial charge in [-0.15, -0.1) is 0 Å². The minimum atomic E-state index is -0.392. The van der Waals surface area contributed by atoms with E-state index in [1.165, 1.54) is 0 Å². The third kappa shape index (κ3) is 3.56. The van der Waals surface area contributed by atoms with E-state index in [-0.39, 0.29) is 6.61 Å². The molecule has 0 saturated heterocycles. The molecule has 1 heterocycles. The molecular weight excluding hydrogens is 268 g/mol. The van der Waals surface area contributed by atoms with Crippen LogP contribution >= 0.6 is 0 Å². The molecule has 0 amide bonds. The summed E-state index contributed by atoms with van der Waals surface area (Å²) >= 11 is 0. The predicted molar refractivity (Wildman–Crippen MR) is 78.4 cm³/mol. The Balaban J connectivity index is 2.05. The Morgan fingerprint density at radius 3 is 2.24 bits per heavy atom. The molecule has 0 fully saturated rings. The van der Waals surface area contributed by atoms with Gasteiger partial charge in [0, 0.05) is 0 Å². The summed E-state index contributed by atoms with van der Waals surface area (Å²) in [4.78, 5) is 20.8. The molecule has 0 bridgehead atoms. The van der Waals surface area contributed by atoms with Crippen molar-refractivity contribution in [2.24, 2.45) is 0 Å². The van der Waals surface area contributed by atoms with Crippen molar-refractivity contribution < 1.29 is 14.3 Å². The summed E-state index contributed by atoms with van der Waals surface area (Å²) in [6, 6.07) is 6.77. The summed E-state index contributed by atoms with van der Waals surface area (Å²) in [7, 11) is 1.58. The molecular formula is C16H18N2O3. The van der Waals surface area contributed by atoms with E-state index >= 15 is 0 Å². The van der Waals surface area contributed by atoms with Crippen molar-refractivity contribution in [2.75, 3.05) is 7.11 Å². The van der Waals surface area contributed by atoms with Gasteiger partial charge >= 0.3 is 5.97 Å². The molecule has 5 nitrogen and oxygen atoms in total. The third-order valence-electron chi connectivity index (χ3n) is 3.25. The molecule has 1 aromatic carbocycles. The van der Waals surface area contributed by atoms with Gasteiger partial charge in [0.05, 0.1) is 35.4 Å². The number of ether oxygens (including phenoxy) is 2. The van der Waals surface area contributed by atoms with Crippen LogP contribution in [0.15, 0.2) is 24.3 Å². The van der Waals surface area contributed by atoms with Crippen LogP contribution in [0.25, 0.3) is 0 Å². The van der Waals surface area contributed by atoms with Crippen molar-refractivity contribution in [1.29, 1.82) is 0 Å². The van der Waals surface area contributed by atoms with E-state index in [1.54, 1.807) is 31.4 Å². The van der Waals surface area contributed by atoms with E-state index in [0.29, 0.717) is 17.0 Å². The summed E-state index contributed by atoms with van der Waals surface area (Å²) < 4.78 is 10.3. The fourth-order valence-corrected chi connectivity index (χ4v) is 1.84. The normalized spacial score (nSPS) is 10.3. The number of rotatable bonds is 4. The Bertz CT molecular complexity index is 651. The van der Waals surface area contributed by atoms with Crippen LogP contribution in [0, 0.1) is 20.8 Å². The summed E-state index contributed by atoms with van der Waals surface area (Å²) in [6.07, 6.45) is 0. The van der Waals surface area contributed by atoms with Crippen LogP contribution < -0.4 is 4.74 Å². The van der Waals surface area contributed by atoms with E-state index in [9.17, 15) is 4.79 Å². The van der Waals surface area contributed by atoms with Crippen LogP contribution in [0.3, 0.4) is 0 Å². The molecule has 1 aromatic heterocycles. The maximum Gasteiger partial charge on any atom is 0.338 e. The van der Waals surface area contributed by atoms with E-state index in [4.69, 9.17) is 9.47 Å². The van der Waals surface area contributed by atoms with Crippen LogP contribution in [-0.2, 0) is 11.3 Å². The Labute approximate surface area is 124 Å². The molecule has 2 aromatic rings. The van der Waals surface area contributed by atoms with Crippen molar-refractivity contribution in [2.45, 2.75) is 27.4 Å². The van der Waals surface area contributed by atoms with Crippen LogP contribution in [-0.4, -0.2) is 23.0 Å². The van der Waals surface area contributed by atoms with Crippen LogP contribution in [0.1, 0.15) is 33.1 Å². The number of hydrogen-bond acceptors (Lipinski definition) is 5. The lowest BCUT2D eigenvalue weighted by molar-refractivity contribution is 0.0466. The van der Waals surface area contributed by atoms with E-state index in [2.05, 4.69) is 9.97 Å². The van der Waals surface area contributed by atoms with Gasteiger partial charge in [-0.1, -0.05) is 0 Å². The lowest BCUT2D eigenvalue weighted by Gasteiger charge is -2.09. The number of carbonyl (C=O) groups is 1. The minimum absolute atomic E-state index is 0.116. The van der Waals surface area contributed by atoms with Gasteiger partial charge in [0.15, 0.2) is 0 Å². The Morgan fingerprint density at radius 2 is 1.62 bits per heavy atom. The van der Waals surface area contributed by atoms with Crippen molar-refractivity contribution >= 4 is 5.97 Å². The Hall–Kier alpha value is -2.43. The molecule has 2 rings (SSSR count). The molecule has 21 heavy (non-hydrogen) atoms. The van der Waals surface area contributed by atoms with E-state index in [1.807, 2.05) is 20.8 Å². The first-order valence-electron chi connectivity index (χ1n) is 6.63. The fraction of sp³-hybridized carbons (Fsp3) is 0.312. The zero-order valence-electron chi connectivity index (χ0n) is 12.6. The first kappa shape index (κ1) is 15.0. The molecule has 0 radical (unpaired) electrons. The topological polar surface area (TPSA) is 61.3 Å². The van der Waals surface area contributed by atoms with Crippen molar-refractivity contribution in [1.82, 2.24) is 9.97 Å². The van der Waals surface area contributed by atoms with Gasteiger partial charge in [0.2, 0.25) is 0 Å². The van der Waals surface area contributed by atoms with Gasteiger partial charge in [0.1, 0.15) is 12.4 Å². The second kappa shape index (κ2) is 6.35. The fourth-order valence-electron chi connectivity index (χ4n) is 1.84. The molecule has 0 unspecified atom stereocenters. The molecule has 0 saturated carbocycles. The predicted octanol–water partition coefficient (Wildman–Crippen LogP) is 2.77. The number of benzene rings is 1. The van der Waals surface area contributed by atoms with Gasteiger partial charge in [-0.05, 0) is 45.0 Å². The Morgan fingerprint density at radius 1 is 1.00 bits per heavy atom. The second-order valence-corrected chi connectivity index (χ2v) is 4.73. The van der Waals surface area contributed by atoms with Crippen molar-refractivity contribution in [3.05, 3.63) is 52.6 Å². The number of nitrogens with zero attached hydrogens (tertiary/aromatic N) is 2. The van der Waals surface area contributed by atoms with Gasteiger partial charge < -0.3 is 9.47 Å². The molecule has 110 valence electrons. The maximum absolute atomic E-state index is 12.0. The summed E-state index contributed by atoms with van der Waals surface area (Å²) in [5.74, 6) is 0.305. The molecule has 0 spiro atoms. The zero-order valence-corrected chi connectivity index (χ0v) is 12.6. The first-order chi connectivity index (χ1) is 10.0. The minimum Gasteiger partial charge on any atom is -0.497 e. The number of hydrogen-bond donors (Lipinski definition) is 0. The number of aryl methyl sites for hydroxylation is 3. The zero-order chi connectivity index (χ0) is 15.4. The molecule has 0 atom stereocenters.